The van der Waals surface area contributed by atoms with Crippen molar-refractivity contribution in [2.24, 2.45) is 0 Å². The molecular formula is C14H20F3N3O. The van der Waals surface area contributed by atoms with Gasteiger partial charge in [-0.05, 0) is 32.4 Å². The highest BCUT2D eigenvalue weighted by molar-refractivity contribution is 5.45. The second-order valence-electron chi connectivity index (χ2n) is 5.19. The summed E-state index contributed by atoms with van der Waals surface area (Å²) in [5.74, 6) is 0.0793. The van der Waals surface area contributed by atoms with Crippen LogP contribution in [0, 0.1) is 6.92 Å². The number of halogens is 3. The Labute approximate surface area is 124 Å². The molecule has 0 spiro atoms. The third-order valence-electron chi connectivity index (χ3n) is 3.29. The van der Waals surface area contributed by atoms with Gasteiger partial charge < -0.3 is 15.4 Å². The lowest BCUT2D eigenvalue weighted by atomic mass is 10.1. The maximum atomic E-state index is 12.7. The molecule has 2 rings (SSSR count). The number of aryl methyl sites for hydroxylation is 1. The van der Waals surface area contributed by atoms with Crippen LogP contribution in [0.5, 0.6) is 0 Å². The van der Waals surface area contributed by atoms with Crippen molar-refractivity contribution in [1.82, 2.24) is 10.3 Å². The highest BCUT2D eigenvalue weighted by atomic mass is 19.4. The van der Waals surface area contributed by atoms with Crippen LogP contribution in [0.15, 0.2) is 12.3 Å². The molecule has 118 valence electrons. The number of rotatable bonds is 3. The number of anilines is 1. The fraction of sp³-hybridized carbons (Fsp3) is 0.643. The molecule has 2 heterocycles. The van der Waals surface area contributed by atoms with E-state index >= 15 is 0 Å². The second-order valence-corrected chi connectivity index (χ2v) is 5.19. The van der Waals surface area contributed by atoms with Gasteiger partial charge in [0.25, 0.3) is 0 Å². The maximum absolute atomic E-state index is 12.7. The molecule has 1 aromatic rings. The van der Waals surface area contributed by atoms with Gasteiger partial charge in [-0.3, -0.25) is 0 Å². The van der Waals surface area contributed by atoms with E-state index in [9.17, 15) is 13.2 Å². The van der Waals surface area contributed by atoms with Crippen LogP contribution in [0.1, 0.15) is 27.7 Å². The fourth-order valence-electron chi connectivity index (χ4n) is 2.13. The summed E-state index contributed by atoms with van der Waals surface area (Å²) in [4.78, 5) is 3.72. The number of alkyl halides is 3. The zero-order valence-electron chi connectivity index (χ0n) is 14.1. The van der Waals surface area contributed by atoms with E-state index < -0.39 is 30.4 Å². The normalized spacial score (nSPS) is 28.8. The van der Waals surface area contributed by atoms with E-state index in [2.05, 4.69) is 15.6 Å². The minimum atomic E-state index is -4.47. The third-order valence-corrected chi connectivity index (χ3v) is 3.29. The molecule has 7 heteroatoms. The Morgan fingerprint density at radius 3 is 2.81 bits per heavy atom. The molecule has 1 aliphatic rings. The molecule has 2 N–H and O–H groups in total. The van der Waals surface area contributed by atoms with Crippen LogP contribution in [-0.4, -0.2) is 36.3 Å². The minimum Gasteiger partial charge on any atom is -0.373 e. The lowest BCUT2D eigenvalue weighted by molar-refractivity contribution is -0.137. The van der Waals surface area contributed by atoms with Gasteiger partial charge in [0.05, 0.1) is 26.6 Å². The predicted octanol–water partition coefficient (Wildman–Crippen LogP) is 2.59. The van der Waals surface area contributed by atoms with Crippen LogP contribution >= 0.6 is 0 Å². The number of nitrogens with one attached hydrogen (secondary N) is 2. The van der Waals surface area contributed by atoms with Gasteiger partial charge in [0.15, 0.2) is 0 Å². The van der Waals surface area contributed by atoms with Gasteiger partial charge in [-0.25, -0.2) is 4.98 Å². The van der Waals surface area contributed by atoms with Gasteiger partial charge in [-0.2, -0.15) is 13.2 Å². The van der Waals surface area contributed by atoms with E-state index in [1.807, 2.05) is 6.92 Å². The van der Waals surface area contributed by atoms with E-state index in [1.54, 1.807) is 6.92 Å². The summed E-state index contributed by atoms with van der Waals surface area (Å²) in [6, 6.07) is 0.295. The fourth-order valence-corrected chi connectivity index (χ4v) is 2.13. The van der Waals surface area contributed by atoms with Gasteiger partial charge >= 0.3 is 6.18 Å². The van der Waals surface area contributed by atoms with Crippen LogP contribution in [-0.2, 0) is 10.9 Å². The Hall–Kier alpha value is -1.34. The smallest absolute Gasteiger partial charge is 0.373 e. The molecule has 0 bridgehead atoms. The molecule has 3 atom stereocenters. The SMILES string of the molecule is [2H]C([2H])(Nc1ncc(C(F)(F)F)cc1C)[C@H]1NC[C@@H](C)O[C@H]1C. The quantitative estimate of drug-likeness (QED) is 0.901. The van der Waals surface area contributed by atoms with Crippen LogP contribution in [0.3, 0.4) is 0 Å². The lowest BCUT2D eigenvalue weighted by Crippen LogP contribution is -2.53. The summed E-state index contributed by atoms with van der Waals surface area (Å²) in [6.45, 7) is 3.65. The second kappa shape index (κ2) is 6.19. The van der Waals surface area contributed by atoms with Crippen LogP contribution in [0.4, 0.5) is 19.0 Å². The van der Waals surface area contributed by atoms with Crippen molar-refractivity contribution in [3.05, 3.63) is 23.4 Å². The highest BCUT2D eigenvalue weighted by Crippen LogP contribution is 2.30. The molecule has 0 saturated carbocycles. The summed E-state index contributed by atoms with van der Waals surface area (Å²) < 4.78 is 59.9. The summed E-state index contributed by atoms with van der Waals surface area (Å²) in [5, 5.41) is 5.66. The Morgan fingerprint density at radius 2 is 2.24 bits per heavy atom. The molecule has 1 fully saturated rings. The summed E-state index contributed by atoms with van der Waals surface area (Å²) in [5.41, 5.74) is -0.635. The number of aromatic nitrogens is 1. The topological polar surface area (TPSA) is 46.2 Å². The Balaban J connectivity index is 2.17. The molecule has 1 aromatic heterocycles. The van der Waals surface area contributed by atoms with Crippen molar-refractivity contribution < 1.29 is 20.6 Å². The van der Waals surface area contributed by atoms with Crippen molar-refractivity contribution in [3.63, 3.8) is 0 Å². The maximum Gasteiger partial charge on any atom is 0.417 e. The standard InChI is InChI=1S/C14H20F3N3O/c1-8-4-11(14(15,16)17)6-19-13(8)20-7-12-10(3)21-9(2)5-18-12/h4,6,9-10,12,18H,5,7H2,1-3H3,(H,19,20)/t9-,10+,12-/m1/s1/i7D2. The monoisotopic (exact) mass is 305 g/mol. The molecule has 21 heavy (non-hydrogen) atoms. The van der Waals surface area contributed by atoms with Gasteiger partial charge in [-0.15, -0.1) is 0 Å². The average molecular weight is 305 g/mol. The minimum absolute atomic E-state index is 0.0250. The molecule has 0 unspecified atom stereocenters. The summed E-state index contributed by atoms with van der Waals surface area (Å²) >= 11 is 0. The van der Waals surface area contributed by atoms with Crippen LogP contribution < -0.4 is 10.6 Å². The van der Waals surface area contributed by atoms with Crippen molar-refractivity contribution in [1.29, 1.82) is 0 Å². The molecule has 4 nitrogen and oxygen atoms in total. The zero-order valence-corrected chi connectivity index (χ0v) is 12.1. The Bertz CT molecular complexity index is 569. The van der Waals surface area contributed by atoms with E-state index in [4.69, 9.17) is 7.48 Å². The van der Waals surface area contributed by atoms with E-state index in [1.165, 1.54) is 6.92 Å². The number of morpholine rings is 1. The van der Waals surface area contributed by atoms with Gasteiger partial charge in [-0.1, -0.05) is 0 Å². The van der Waals surface area contributed by atoms with Gasteiger partial charge in [0.2, 0.25) is 0 Å². The van der Waals surface area contributed by atoms with Crippen LogP contribution in [0.25, 0.3) is 0 Å². The number of hydrogen-bond acceptors (Lipinski definition) is 4. The molecule has 0 aliphatic carbocycles. The van der Waals surface area contributed by atoms with Crippen molar-refractivity contribution in [2.45, 2.75) is 45.2 Å². The van der Waals surface area contributed by atoms with E-state index in [0.717, 1.165) is 6.07 Å². The molecule has 0 radical (unpaired) electrons. The molecular weight excluding hydrogens is 283 g/mol. The van der Waals surface area contributed by atoms with Crippen molar-refractivity contribution in [2.75, 3.05) is 18.4 Å². The number of ether oxygens (including phenoxy) is 1. The third kappa shape index (κ3) is 4.07. The first-order valence-corrected chi connectivity index (χ1v) is 6.71. The molecule has 0 amide bonds. The highest BCUT2D eigenvalue weighted by Gasteiger charge is 2.31. The lowest BCUT2D eigenvalue weighted by Gasteiger charge is -2.34. The molecule has 1 aliphatic heterocycles. The summed E-state index contributed by atoms with van der Waals surface area (Å²) in [7, 11) is 0. The number of hydrogen-bond donors (Lipinski definition) is 2. The van der Waals surface area contributed by atoms with Crippen molar-refractivity contribution in [3.8, 4) is 0 Å². The average Bonchev–Trinajstić information content (AvgIpc) is 2.39. The zero-order chi connectivity index (χ0) is 17.4. The van der Waals surface area contributed by atoms with E-state index in [-0.39, 0.29) is 17.5 Å². The first-order chi connectivity index (χ1) is 10.5. The first-order valence-electron chi connectivity index (χ1n) is 7.71. The molecule has 0 aromatic carbocycles. The predicted molar refractivity (Wildman–Crippen MR) is 74.3 cm³/mol. The number of pyridine rings is 1. The van der Waals surface area contributed by atoms with E-state index in [0.29, 0.717) is 12.7 Å². The van der Waals surface area contributed by atoms with Crippen molar-refractivity contribution >= 4 is 5.82 Å². The van der Waals surface area contributed by atoms with Gasteiger partial charge in [0.1, 0.15) is 5.82 Å². The van der Waals surface area contributed by atoms with Gasteiger partial charge in [0, 0.05) is 19.2 Å². The Morgan fingerprint density at radius 1 is 1.52 bits per heavy atom. The Kier molecular flexibility index (Phi) is 3.93. The largest absolute Gasteiger partial charge is 0.417 e. The summed E-state index contributed by atoms with van der Waals surface area (Å²) in [6.07, 6.45) is -4.19. The first kappa shape index (κ1) is 13.3. The van der Waals surface area contributed by atoms with Crippen LogP contribution in [0.2, 0.25) is 0 Å². The molecule has 1 saturated heterocycles. The number of nitrogens with zero attached hydrogens (tertiary/aromatic N) is 1.